The number of ether oxygens (including phenoxy) is 2. The third kappa shape index (κ3) is 5.33. The van der Waals surface area contributed by atoms with Crippen molar-refractivity contribution in [3.8, 4) is 0 Å². The molecule has 4 nitrogen and oxygen atoms in total. The van der Waals surface area contributed by atoms with Crippen LogP contribution in [-0.2, 0) is 19.1 Å². The van der Waals surface area contributed by atoms with Gasteiger partial charge in [-0.15, -0.1) is 0 Å². The second-order valence-corrected chi connectivity index (χ2v) is 3.79. The second-order valence-electron chi connectivity index (χ2n) is 3.79. The Morgan fingerprint density at radius 3 is 1.76 bits per heavy atom. The summed E-state index contributed by atoms with van der Waals surface area (Å²) < 4.78 is 9.54. The van der Waals surface area contributed by atoms with E-state index in [-0.39, 0.29) is 11.9 Å². The standard InChI is InChI=1S/C13H18O4/c1-3-16-12(14)7-5-10-9-11(10)6-8-13(15)17-4-2/h5-8,10-11H,3-4,9H2,1-2H3/b7-5+,8-6+/t10-,11-/m1/s1. The van der Waals surface area contributed by atoms with E-state index in [4.69, 9.17) is 9.47 Å². The van der Waals surface area contributed by atoms with Crippen molar-refractivity contribution in [3.63, 3.8) is 0 Å². The molecular formula is C13H18O4. The highest BCUT2D eigenvalue weighted by molar-refractivity contribution is 5.82. The van der Waals surface area contributed by atoms with Gasteiger partial charge in [0.2, 0.25) is 0 Å². The fraction of sp³-hybridized carbons (Fsp3) is 0.538. The molecule has 1 fully saturated rings. The van der Waals surface area contributed by atoms with Crippen LogP contribution < -0.4 is 0 Å². The molecule has 0 heterocycles. The monoisotopic (exact) mass is 238 g/mol. The van der Waals surface area contributed by atoms with E-state index in [0.29, 0.717) is 25.0 Å². The molecule has 1 saturated carbocycles. The largest absolute Gasteiger partial charge is 0.463 e. The van der Waals surface area contributed by atoms with Crippen LogP contribution in [0.25, 0.3) is 0 Å². The summed E-state index contributed by atoms with van der Waals surface area (Å²) in [4.78, 5) is 22.1. The highest BCUT2D eigenvalue weighted by atomic mass is 16.5. The van der Waals surface area contributed by atoms with Crippen LogP contribution in [-0.4, -0.2) is 25.2 Å². The predicted molar refractivity (Wildman–Crippen MR) is 63.1 cm³/mol. The maximum atomic E-state index is 11.0. The number of esters is 2. The Labute approximate surface area is 101 Å². The summed E-state index contributed by atoms with van der Waals surface area (Å²) in [5, 5.41) is 0. The Balaban J connectivity index is 2.25. The quantitative estimate of drug-likeness (QED) is 0.523. The number of hydrogen-bond acceptors (Lipinski definition) is 4. The maximum Gasteiger partial charge on any atom is 0.330 e. The first-order valence-electron chi connectivity index (χ1n) is 5.87. The van der Waals surface area contributed by atoms with Crippen molar-refractivity contribution in [2.24, 2.45) is 11.8 Å². The molecule has 0 amide bonds. The Bertz CT molecular complexity index is 298. The van der Waals surface area contributed by atoms with E-state index >= 15 is 0 Å². The number of carbonyl (C=O) groups excluding carboxylic acids is 2. The van der Waals surface area contributed by atoms with Gasteiger partial charge in [0.25, 0.3) is 0 Å². The van der Waals surface area contributed by atoms with Crippen LogP contribution in [0.2, 0.25) is 0 Å². The first-order valence-corrected chi connectivity index (χ1v) is 5.87. The van der Waals surface area contributed by atoms with Gasteiger partial charge in [-0.25, -0.2) is 9.59 Å². The van der Waals surface area contributed by atoms with E-state index in [0.717, 1.165) is 6.42 Å². The number of allylic oxidation sites excluding steroid dienone is 2. The molecule has 0 aromatic heterocycles. The molecular weight excluding hydrogens is 220 g/mol. The molecule has 17 heavy (non-hydrogen) atoms. The van der Waals surface area contributed by atoms with Gasteiger partial charge >= 0.3 is 11.9 Å². The van der Waals surface area contributed by atoms with Gasteiger partial charge in [0.1, 0.15) is 0 Å². The number of hydrogen-bond donors (Lipinski definition) is 0. The molecule has 2 atom stereocenters. The maximum absolute atomic E-state index is 11.0. The summed E-state index contributed by atoms with van der Waals surface area (Å²) in [6.45, 7) is 4.32. The van der Waals surface area contributed by atoms with Gasteiger partial charge in [0.05, 0.1) is 13.2 Å². The van der Waals surface area contributed by atoms with E-state index < -0.39 is 0 Å². The van der Waals surface area contributed by atoms with Crippen molar-refractivity contribution in [3.05, 3.63) is 24.3 Å². The Morgan fingerprint density at radius 1 is 1.00 bits per heavy atom. The smallest absolute Gasteiger partial charge is 0.330 e. The van der Waals surface area contributed by atoms with Gasteiger partial charge in [0.15, 0.2) is 0 Å². The van der Waals surface area contributed by atoms with Crippen LogP contribution in [0.15, 0.2) is 24.3 Å². The molecule has 0 spiro atoms. The molecule has 4 heteroatoms. The van der Waals surface area contributed by atoms with E-state index in [1.54, 1.807) is 13.8 Å². The summed E-state index contributed by atoms with van der Waals surface area (Å²) in [6, 6.07) is 0. The minimum atomic E-state index is -0.312. The summed E-state index contributed by atoms with van der Waals surface area (Å²) in [7, 11) is 0. The Hall–Kier alpha value is -1.58. The highest BCUT2D eigenvalue weighted by Crippen LogP contribution is 2.40. The van der Waals surface area contributed by atoms with Crippen LogP contribution in [0.5, 0.6) is 0 Å². The van der Waals surface area contributed by atoms with E-state index in [9.17, 15) is 9.59 Å². The van der Waals surface area contributed by atoms with Crippen molar-refractivity contribution in [1.29, 1.82) is 0 Å². The van der Waals surface area contributed by atoms with Gasteiger partial charge in [0, 0.05) is 12.2 Å². The zero-order valence-corrected chi connectivity index (χ0v) is 10.2. The molecule has 0 unspecified atom stereocenters. The predicted octanol–water partition coefficient (Wildman–Crippen LogP) is 1.86. The molecule has 0 bridgehead atoms. The van der Waals surface area contributed by atoms with Crippen LogP contribution in [0.1, 0.15) is 20.3 Å². The number of carbonyl (C=O) groups is 2. The van der Waals surface area contributed by atoms with E-state index in [1.807, 2.05) is 12.2 Å². The van der Waals surface area contributed by atoms with Gasteiger partial charge < -0.3 is 9.47 Å². The van der Waals surface area contributed by atoms with Crippen LogP contribution in [0.3, 0.4) is 0 Å². The lowest BCUT2D eigenvalue weighted by Gasteiger charge is -1.94. The molecule has 94 valence electrons. The minimum Gasteiger partial charge on any atom is -0.463 e. The third-order valence-electron chi connectivity index (χ3n) is 2.42. The van der Waals surface area contributed by atoms with Crippen molar-refractivity contribution in [2.45, 2.75) is 20.3 Å². The van der Waals surface area contributed by atoms with Crippen molar-refractivity contribution in [1.82, 2.24) is 0 Å². The third-order valence-corrected chi connectivity index (χ3v) is 2.42. The first kappa shape index (κ1) is 13.5. The Morgan fingerprint density at radius 2 is 1.41 bits per heavy atom. The van der Waals surface area contributed by atoms with Gasteiger partial charge in [-0.05, 0) is 32.1 Å². The summed E-state index contributed by atoms with van der Waals surface area (Å²) in [5.41, 5.74) is 0. The lowest BCUT2D eigenvalue weighted by Crippen LogP contribution is -1.99. The molecule has 0 N–H and O–H groups in total. The zero-order chi connectivity index (χ0) is 12.7. The summed E-state index contributed by atoms with van der Waals surface area (Å²) in [5.74, 6) is 0.0511. The first-order chi connectivity index (χ1) is 8.17. The average molecular weight is 238 g/mol. The van der Waals surface area contributed by atoms with Crippen molar-refractivity contribution < 1.29 is 19.1 Å². The van der Waals surface area contributed by atoms with E-state index in [2.05, 4.69) is 0 Å². The SMILES string of the molecule is CCOC(=O)/C=C/[C@@H]1C[C@H]1/C=C/C(=O)OCC. The molecule has 1 aliphatic rings. The molecule has 0 aliphatic heterocycles. The summed E-state index contributed by atoms with van der Waals surface area (Å²) >= 11 is 0. The van der Waals surface area contributed by atoms with E-state index in [1.165, 1.54) is 12.2 Å². The van der Waals surface area contributed by atoms with Crippen molar-refractivity contribution >= 4 is 11.9 Å². The molecule has 0 saturated heterocycles. The van der Waals surface area contributed by atoms with Crippen LogP contribution in [0, 0.1) is 11.8 Å². The molecule has 0 radical (unpaired) electrons. The fourth-order valence-corrected chi connectivity index (χ4v) is 1.46. The normalized spacial score (nSPS) is 22.9. The molecule has 1 rings (SSSR count). The van der Waals surface area contributed by atoms with Gasteiger partial charge in [-0.3, -0.25) is 0 Å². The average Bonchev–Trinajstić information content (AvgIpc) is 3.03. The second kappa shape index (κ2) is 6.89. The molecule has 0 aromatic rings. The lowest BCUT2D eigenvalue weighted by molar-refractivity contribution is -0.138. The number of rotatable bonds is 6. The van der Waals surface area contributed by atoms with Crippen LogP contribution in [0.4, 0.5) is 0 Å². The highest BCUT2D eigenvalue weighted by Gasteiger charge is 2.32. The molecule has 1 aliphatic carbocycles. The molecule has 0 aromatic carbocycles. The van der Waals surface area contributed by atoms with Gasteiger partial charge in [-0.2, -0.15) is 0 Å². The Kier molecular flexibility index (Phi) is 5.46. The van der Waals surface area contributed by atoms with Crippen LogP contribution >= 0.6 is 0 Å². The zero-order valence-electron chi connectivity index (χ0n) is 10.2. The fourth-order valence-electron chi connectivity index (χ4n) is 1.46. The van der Waals surface area contributed by atoms with Gasteiger partial charge in [-0.1, -0.05) is 12.2 Å². The van der Waals surface area contributed by atoms with Crippen molar-refractivity contribution in [2.75, 3.05) is 13.2 Å². The summed E-state index contributed by atoms with van der Waals surface area (Å²) in [6.07, 6.45) is 7.53. The topological polar surface area (TPSA) is 52.6 Å². The minimum absolute atomic E-state index is 0.312. The lowest BCUT2D eigenvalue weighted by atomic mass is 10.2.